The third-order valence-electron chi connectivity index (χ3n) is 3.82. The first-order chi connectivity index (χ1) is 10.8. The van der Waals surface area contributed by atoms with Crippen molar-refractivity contribution in [3.63, 3.8) is 0 Å². The fourth-order valence-corrected chi connectivity index (χ4v) is 2.65. The molecule has 0 aromatic carbocycles. The highest BCUT2D eigenvalue weighted by atomic mass is 35.5. The Bertz CT molecular complexity index is 592. The Kier molecular flexibility index (Phi) is 6.54. The van der Waals surface area contributed by atoms with Crippen molar-refractivity contribution in [3.8, 4) is 0 Å². The normalized spacial score (nSPS) is 17.5. The van der Waals surface area contributed by atoms with E-state index >= 15 is 0 Å². The van der Waals surface area contributed by atoms with E-state index in [1.165, 1.54) is 6.42 Å². The second-order valence-corrected chi connectivity index (χ2v) is 5.50. The van der Waals surface area contributed by atoms with E-state index in [0.717, 1.165) is 25.2 Å². The minimum atomic E-state index is -0.0449. The van der Waals surface area contributed by atoms with E-state index in [4.69, 9.17) is 0 Å². The lowest BCUT2D eigenvalue weighted by atomic mass is 9.97. The zero-order chi connectivity index (χ0) is 15.2. The number of piperidine rings is 1. The molecule has 2 N–H and O–H groups in total. The van der Waals surface area contributed by atoms with Crippen molar-refractivity contribution in [3.05, 3.63) is 30.4 Å². The molecule has 1 aliphatic heterocycles. The molecule has 0 saturated carbocycles. The molecule has 2 aromatic rings. The van der Waals surface area contributed by atoms with E-state index in [1.54, 1.807) is 21.8 Å². The Hall–Kier alpha value is -1.93. The van der Waals surface area contributed by atoms with Crippen LogP contribution in [0.2, 0.25) is 0 Å². The van der Waals surface area contributed by atoms with Gasteiger partial charge in [-0.05, 0) is 25.5 Å². The van der Waals surface area contributed by atoms with Crippen LogP contribution in [0.25, 0.3) is 0 Å². The molecule has 23 heavy (non-hydrogen) atoms. The molecule has 1 saturated heterocycles. The minimum Gasteiger partial charge on any atom is -0.353 e. The van der Waals surface area contributed by atoms with Crippen molar-refractivity contribution < 1.29 is 4.79 Å². The standard InChI is InChI=1S/C14H21N7O.ClH/c22-14(16-5-8-20-9-6-17-19-20)11-21-7-3-13(18-21)12-2-1-4-15-10-12;/h3,6-7,9,12,15H,1-2,4-5,8,10-11H2,(H,16,22);1H. The summed E-state index contributed by atoms with van der Waals surface area (Å²) in [5, 5.41) is 18.3. The van der Waals surface area contributed by atoms with Crippen molar-refractivity contribution in [2.75, 3.05) is 19.6 Å². The highest BCUT2D eigenvalue weighted by Gasteiger charge is 2.17. The van der Waals surface area contributed by atoms with Gasteiger partial charge >= 0.3 is 0 Å². The van der Waals surface area contributed by atoms with Gasteiger partial charge in [0.05, 0.1) is 18.4 Å². The van der Waals surface area contributed by atoms with Crippen LogP contribution in [0.1, 0.15) is 24.5 Å². The maximum Gasteiger partial charge on any atom is 0.241 e. The highest BCUT2D eigenvalue weighted by Crippen LogP contribution is 2.21. The molecule has 0 radical (unpaired) electrons. The first kappa shape index (κ1) is 17.4. The fraction of sp³-hybridized carbons (Fsp3) is 0.571. The minimum absolute atomic E-state index is 0. The van der Waals surface area contributed by atoms with Crippen LogP contribution in [0.15, 0.2) is 24.7 Å². The van der Waals surface area contributed by atoms with Crippen molar-refractivity contribution in [2.24, 2.45) is 0 Å². The smallest absolute Gasteiger partial charge is 0.241 e. The van der Waals surface area contributed by atoms with Crippen molar-refractivity contribution >= 4 is 18.3 Å². The Balaban J connectivity index is 0.00000192. The molecule has 3 heterocycles. The van der Waals surface area contributed by atoms with Crippen LogP contribution < -0.4 is 10.6 Å². The van der Waals surface area contributed by atoms with E-state index in [0.29, 0.717) is 19.0 Å². The summed E-state index contributed by atoms with van der Waals surface area (Å²) in [7, 11) is 0. The second-order valence-electron chi connectivity index (χ2n) is 5.50. The molecule has 1 unspecified atom stereocenters. The molecule has 1 aliphatic rings. The molecule has 3 rings (SSSR count). The molecule has 8 nitrogen and oxygen atoms in total. The fourth-order valence-electron chi connectivity index (χ4n) is 2.65. The van der Waals surface area contributed by atoms with Gasteiger partial charge in [0.25, 0.3) is 0 Å². The van der Waals surface area contributed by atoms with E-state index in [-0.39, 0.29) is 24.9 Å². The van der Waals surface area contributed by atoms with Crippen LogP contribution in [-0.2, 0) is 17.9 Å². The van der Waals surface area contributed by atoms with Gasteiger partial charge in [0.2, 0.25) is 5.91 Å². The Labute approximate surface area is 141 Å². The molecule has 0 aliphatic carbocycles. The summed E-state index contributed by atoms with van der Waals surface area (Å²) in [6.07, 6.45) is 7.60. The lowest BCUT2D eigenvalue weighted by molar-refractivity contribution is -0.121. The van der Waals surface area contributed by atoms with E-state index in [9.17, 15) is 4.79 Å². The quantitative estimate of drug-likeness (QED) is 0.783. The zero-order valence-electron chi connectivity index (χ0n) is 12.9. The average Bonchev–Trinajstić information content (AvgIpc) is 3.20. The number of carbonyl (C=O) groups excluding carboxylic acids is 1. The van der Waals surface area contributed by atoms with Gasteiger partial charge in [-0.3, -0.25) is 14.2 Å². The maximum atomic E-state index is 11.9. The SMILES string of the molecule is Cl.O=C(Cn1ccc(C2CCCNC2)n1)NCCn1ccnn1. The molecule has 1 atom stereocenters. The van der Waals surface area contributed by atoms with Crippen LogP contribution in [0, 0.1) is 0 Å². The number of nitrogens with one attached hydrogen (secondary N) is 2. The van der Waals surface area contributed by atoms with E-state index < -0.39 is 0 Å². The second kappa shape index (κ2) is 8.64. The molecule has 1 fully saturated rings. The number of halogens is 1. The first-order valence-electron chi connectivity index (χ1n) is 7.66. The van der Waals surface area contributed by atoms with Gasteiger partial charge in [-0.2, -0.15) is 5.10 Å². The number of rotatable bonds is 6. The molecular formula is C14H22ClN7O. The van der Waals surface area contributed by atoms with Crippen LogP contribution in [0.5, 0.6) is 0 Å². The zero-order valence-corrected chi connectivity index (χ0v) is 13.7. The molecule has 2 aromatic heterocycles. The first-order valence-corrected chi connectivity index (χ1v) is 7.66. The van der Waals surface area contributed by atoms with Crippen molar-refractivity contribution in [2.45, 2.75) is 31.8 Å². The van der Waals surface area contributed by atoms with Crippen molar-refractivity contribution in [1.29, 1.82) is 0 Å². The highest BCUT2D eigenvalue weighted by molar-refractivity contribution is 5.85. The van der Waals surface area contributed by atoms with Crippen LogP contribution in [0.4, 0.5) is 0 Å². The number of aromatic nitrogens is 5. The van der Waals surface area contributed by atoms with Gasteiger partial charge in [-0.25, -0.2) is 0 Å². The Morgan fingerprint density at radius 2 is 2.30 bits per heavy atom. The van der Waals surface area contributed by atoms with Crippen LogP contribution in [0.3, 0.4) is 0 Å². The van der Waals surface area contributed by atoms with Gasteiger partial charge in [-0.15, -0.1) is 17.5 Å². The lowest BCUT2D eigenvalue weighted by Gasteiger charge is -2.20. The van der Waals surface area contributed by atoms with Gasteiger partial charge in [-0.1, -0.05) is 5.21 Å². The molecule has 1 amide bonds. The topological polar surface area (TPSA) is 89.7 Å². The number of nitrogens with zero attached hydrogens (tertiary/aromatic N) is 5. The number of amides is 1. The summed E-state index contributed by atoms with van der Waals surface area (Å²) in [6.45, 7) is 3.46. The summed E-state index contributed by atoms with van der Waals surface area (Å²) < 4.78 is 3.39. The van der Waals surface area contributed by atoms with Crippen LogP contribution in [-0.4, -0.2) is 50.3 Å². The van der Waals surface area contributed by atoms with Gasteiger partial charge in [0.1, 0.15) is 6.54 Å². The molecule has 0 spiro atoms. The van der Waals surface area contributed by atoms with Gasteiger partial charge in [0, 0.05) is 31.4 Å². The van der Waals surface area contributed by atoms with Gasteiger partial charge < -0.3 is 10.6 Å². The predicted octanol–water partition coefficient (Wildman–Crippen LogP) is 0.180. The average molecular weight is 340 g/mol. The molecule has 126 valence electrons. The number of carbonyl (C=O) groups is 1. The lowest BCUT2D eigenvalue weighted by Crippen LogP contribution is -2.31. The Morgan fingerprint density at radius 3 is 3.04 bits per heavy atom. The maximum absolute atomic E-state index is 11.9. The monoisotopic (exact) mass is 339 g/mol. The molecule has 9 heteroatoms. The predicted molar refractivity (Wildman–Crippen MR) is 87.4 cm³/mol. The largest absolute Gasteiger partial charge is 0.353 e. The summed E-state index contributed by atoms with van der Waals surface area (Å²) in [6, 6.07) is 2.01. The number of hydrogen-bond donors (Lipinski definition) is 2. The number of hydrogen-bond acceptors (Lipinski definition) is 5. The van der Waals surface area contributed by atoms with Gasteiger partial charge in [0.15, 0.2) is 0 Å². The van der Waals surface area contributed by atoms with Crippen LogP contribution >= 0.6 is 12.4 Å². The van der Waals surface area contributed by atoms with Crippen molar-refractivity contribution in [1.82, 2.24) is 35.4 Å². The third-order valence-corrected chi connectivity index (χ3v) is 3.82. The Morgan fingerprint density at radius 1 is 1.39 bits per heavy atom. The third kappa shape index (κ3) is 5.04. The molecule has 0 bridgehead atoms. The van der Waals surface area contributed by atoms with E-state index in [2.05, 4.69) is 26.0 Å². The summed E-state index contributed by atoms with van der Waals surface area (Å²) >= 11 is 0. The van der Waals surface area contributed by atoms with E-state index in [1.807, 2.05) is 12.3 Å². The summed E-state index contributed by atoms with van der Waals surface area (Å²) in [5.41, 5.74) is 1.07. The molecular weight excluding hydrogens is 318 g/mol. The summed E-state index contributed by atoms with van der Waals surface area (Å²) in [5.74, 6) is 0.418. The summed E-state index contributed by atoms with van der Waals surface area (Å²) in [4.78, 5) is 11.9.